The SMILES string of the molecule is CCCCN(c1ccccc1)S(=O)(=O)c1cccc(C(=O)Nc2oc(-c3ccco3)c(-c3ccco3)c2C#N)c1. The van der Waals surface area contributed by atoms with E-state index in [0.29, 0.717) is 35.7 Å². The van der Waals surface area contributed by atoms with Gasteiger partial charge in [0.25, 0.3) is 15.9 Å². The molecule has 0 aliphatic heterocycles. The largest absolute Gasteiger partial charge is 0.464 e. The molecule has 1 N–H and O–H groups in total. The van der Waals surface area contributed by atoms with E-state index in [0.717, 1.165) is 6.42 Å². The molecule has 1 amide bonds. The number of carbonyl (C=O) groups is 1. The first-order chi connectivity index (χ1) is 19.4. The molecule has 0 aliphatic carbocycles. The monoisotopic (exact) mass is 555 g/mol. The molecule has 0 atom stereocenters. The van der Waals surface area contributed by atoms with Crippen LogP contribution < -0.4 is 9.62 Å². The number of sulfonamides is 1. The molecule has 3 aromatic heterocycles. The molecule has 5 rings (SSSR count). The van der Waals surface area contributed by atoms with Gasteiger partial charge < -0.3 is 13.3 Å². The third-order valence-corrected chi connectivity index (χ3v) is 8.03. The minimum absolute atomic E-state index is 0.0346. The number of amides is 1. The van der Waals surface area contributed by atoms with Gasteiger partial charge in [0, 0.05) is 12.1 Å². The zero-order chi connectivity index (χ0) is 28.1. The van der Waals surface area contributed by atoms with E-state index in [4.69, 9.17) is 13.3 Å². The quantitative estimate of drug-likeness (QED) is 0.198. The number of benzene rings is 2. The molecule has 5 aromatic rings. The van der Waals surface area contributed by atoms with E-state index < -0.39 is 15.9 Å². The summed E-state index contributed by atoms with van der Waals surface area (Å²) >= 11 is 0. The van der Waals surface area contributed by atoms with Crippen LogP contribution in [0.2, 0.25) is 0 Å². The van der Waals surface area contributed by atoms with Crippen molar-refractivity contribution in [3.63, 3.8) is 0 Å². The van der Waals surface area contributed by atoms with Crippen molar-refractivity contribution in [2.24, 2.45) is 0 Å². The first-order valence-electron chi connectivity index (χ1n) is 12.6. The van der Waals surface area contributed by atoms with Gasteiger partial charge in [-0.05, 0) is 61.0 Å². The summed E-state index contributed by atoms with van der Waals surface area (Å²) in [6.07, 6.45) is 4.39. The van der Waals surface area contributed by atoms with Crippen molar-refractivity contribution >= 4 is 27.5 Å². The van der Waals surface area contributed by atoms with Gasteiger partial charge in [0.05, 0.1) is 28.7 Å². The Morgan fingerprint density at radius 1 is 0.950 bits per heavy atom. The van der Waals surface area contributed by atoms with Crippen LogP contribution >= 0.6 is 0 Å². The molecule has 40 heavy (non-hydrogen) atoms. The molecule has 0 spiro atoms. The Bertz CT molecular complexity index is 1750. The van der Waals surface area contributed by atoms with Crippen LogP contribution in [-0.4, -0.2) is 20.9 Å². The molecule has 0 bridgehead atoms. The maximum Gasteiger partial charge on any atom is 0.264 e. The third-order valence-electron chi connectivity index (χ3n) is 6.20. The second-order valence-electron chi connectivity index (χ2n) is 8.82. The average Bonchev–Trinajstić information content (AvgIpc) is 3.75. The Morgan fingerprint density at radius 3 is 2.33 bits per heavy atom. The van der Waals surface area contributed by atoms with Crippen LogP contribution in [-0.2, 0) is 10.0 Å². The van der Waals surface area contributed by atoms with Gasteiger partial charge in [-0.3, -0.25) is 14.4 Å². The Hall–Kier alpha value is -5.01. The fraction of sp³-hybridized carbons (Fsp3) is 0.133. The lowest BCUT2D eigenvalue weighted by molar-refractivity contribution is 0.102. The average molecular weight is 556 g/mol. The lowest BCUT2D eigenvalue weighted by Gasteiger charge is -2.24. The molecule has 0 saturated heterocycles. The summed E-state index contributed by atoms with van der Waals surface area (Å²) in [5.74, 6) is 0.127. The number of anilines is 2. The maximum atomic E-state index is 13.7. The molecule has 2 aromatic carbocycles. The predicted octanol–water partition coefficient (Wildman–Crippen LogP) is 6.92. The van der Waals surface area contributed by atoms with Crippen LogP contribution in [0, 0.1) is 11.3 Å². The van der Waals surface area contributed by atoms with Crippen molar-refractivity contribution in [1.82, 2.24) is 0 Å². The van der Waals surface area contributed by atoms with Crippen molar-refractivity contribution < 1.29 is 26.5 Å². The summed E-state index contributed by atoms with van der Waals surface area (Å²) in [5, 5.41) is 12.6. The van der Waals surface area contributed by atoms with Crippen molar-refractivity contribution in [1.29, 1.82) is 5.26 Å². The number of furan rings is 3. The number of hydrogen-bond acceptors (Lipinski definition) is 7. The van der Waals surface area contributed by atoms with Crippen LogP contribution in [0.3, 0.4) is 0 Å². The van der Waals surface area contributed by atoms with Gasteiger partial charge in [-0.15, -0.1) is 0 Å². The summed E-state index contributed by atoms with van der Waals surface area (Å²) in [6, 6.07) is 23.3. The summed E-state index contributed by atoms with van der Waals surface area (Å²) in [5.41, 5.74) is 0.969. The van der Waals surface area contributed by atoms with Gasteiger partial charge in [0.2, 0.25) is 5.88 Å². The van der Waals surface area contributed by atoms with Crippen molar-refractivity contribution in [2.45, 2.75) is 24.7 Å². The Labute approximate surface area is 231 Å². The third kappa shape index (κ3) is 5.15. The van der Waals surface area contributed by atoms with E-state index >= 15 is 0 Å². The molecule has 0 aliphatic rings. The van der Waals surface area contributed by atoms with E-state index in [1.807, 2.05) is 13.0 Å². The highest BCUT2D eigenvalue weighted by Crippen LogP contribution is 2.42. The van der Waals surface area contributed by atoms with Gasteiger partial charge in [-0.2, -0.15) is 5.26 Å². The topological polar surface area (TPSA) is 130 Å². The summed E-state index contributed by atoms with van der Waals surface area (Å²) in [6.45, 7) is 2.28. The minimum Gasteiger partial charge on any atom is -0.464 e. The number of nitriles is 1. The normalized spacial score (nSPS) is 11.2. The number of hydrogen-bond donors (Lipinski definition) is 1. The molecule has 0 fully saturated rings. The molecular formula is C30H25N3O6S. The number of carbonyl (C=O) groups excluding carboxylic acids is 1. The van der Waals surface area contributed by atoms with Crippen LogP contribution in [0.1, 0.15) is 35.7 Å². The number of para-hydroxylation sites is 1. The van der Waals surface area contributed by atoms with Crippen molar-refractivity contribution in [3.05, 3.63) is 103 Å². The lowest BCUT2D eigenvalue weighted by Crippen LogP contribution is -2.32. The fourth-order valence-corrected chi connectivity index (χ4v) is 5.80. The highest BCUT2D eigenvalue weighted by molar-refractivity contribution is 7.92. The molecular weight excluding hydrogens is 530 g/mol. The lowest BCUT2D eigenvalue weighted by atomic mass is 10.1. The zero-order valence-corrected chi connectivity index (χ0v) is 22.4. The van der Waals surface area contributed by atoms with E-state index in [2.05, 4.69) is 11.4 Å². The number of nitrogens with zero attached hydrogens (tertiary/aromatic N) is 2. The molecule has 9 nitrogen and oxygen atoms in total. The fourth-order valence-electron chi connectivity index (χ4n) is 4.25. The smallest absolute Gasteiger partial charge is 0.264 e. The minimum atomic E-state index is -3.98. The molecule has 0 radical (unpaired) electrons. The van der Waals surface area contributed by atoms with E-state index in [1.165, 1.54) is 41.1 Å². The maximum absolute atomic E-state index is 13.7. The first kappa shape index (κ1) is 26.6. The van der Waals surface area contributed by atoms with E-state index in [9.17, 15) is 18.5 Å². The number of unbranched alkanes of at least 4 members (excludes halogenated alkanes) is 1. The van der Waals surface area contributed by atoms with Crippen LogP contribution in [0.5, 0.6) is 0 Å². The summed E-state index contributed by atoms with van der Waals surface area (Å²) < 4.78 is 45.6. The highest BCUT2D eigenvalue weighted by Gasteiger charge is 2.29. The second-order valence-corrected chi connectivity index (χ2v) is 10.7. The Balaban J connectivity index is 1.49. The van der Waals surface area contributed by atoms with Gasteiger partial charge in [-0.25, -0.2) is 8.42 Å². The standard InChI is InChI=1S/C30H25N3O6S/c1-2-3-16-33(22-11-5-4-6-12-22)40(35,36)23-13-7-10-21(19-23)29(34)32-30-24(20-31)27(25-14-8-17-37-25)28(39-30)26-15-9-18-38-26/h4-15,17-19H,2-3,16H2,1H3,(H,32,34). The first-order valence-corrected chi connectivity index (χ1v) is 14.0. The van der Waals surface area contributed by atoms with Crippen LogP contribution in [0.15, 0.2) is 110 Å². The van der Waals surface area contributed by atoms with Gasteiger partial charge in [0.15, 0.2) is 11.5 Å². The van der Waals surface area contributed by atoms with Gasteiger partial charge >= 0.3 is 0 Å². The number of nitrogens with one attached hydrogen (secondary N) is 1. The number of rotatable bonds is 10. The highest BCUT2D eigenvalue weighted by atomic mass is 32.2. The van der Waals surface area contributed by atoms with Crippen molar-refractivity contribution in [3.8, 4) is 28.9 Å². The summed E-state index contributed by atoms with van der Waals surface area (Å²) in [7, 11) is -3.98. The van der Waals surface area contributed by atoms with E-state index in [-0.39, 0.29) is 27.7 Å². The second kappa shape index (κ2) is 11.4. The van der Waals surface area contributed by atoms with Crippen LogP contribution in [0.4, 0.5) is 11.6 Å². The van der Waals surface area contributed by atoms with Crippen LogP contribution in [0.25, 0.3) is 22.8 Å². The zero-order valence-electron chi connectivity index (χ0n) is 21.5. The Kier molecular flexibility index (Phi) is 7.57. The van der Waals surface area contributed by atoms with E-state index in [1.54, 1.807) is 48.5 Å². The van der Waals surface area contributed by atoms with Crippen molar-refractivity contribution in [2.75, 3.05) is 16.2 Å². The summed E-state index contributed by atoms with van der Waals surface area (Å²) in [4.78, 5) is 13.3. The van der Waals surface area contributed by atoms with Gasteiger partial charge in [-0.1, -0.05) is 37.6 Å². The molecule has 3 heterocycles. The molecule has 202 valence electrons. The van der Waals surface area contributed by atoms with Gasteiger partial charge in [0.1, 0.15) is 17.4 Å². The predicted molar refractivity (Wildman–Crippen MR) is 149 cm³/mol. The molecule has 0 saturated carbocycles. The molecule has 0 unspecified atom stereocenters. The Morgan fingerprint density at radius 2 is 1.68 bits per heavy atom. The molecule has 10 heteroatoms.